The summed E-state index contributed by atoms with van der Waals surface area (Å²) in [7, 11) is 0. The second-order valence-corrected chi connectivity index (χ2v) is 8.98. The molecule has 10 heteroatoms. The van der Waals surface area contributed by atoms with E-state index in [1.54, 1.807) is 29.6 Å². The monoisotopic (exact) mass is 501 g/mol. The number of amides is 1. The van der Waals surface area contributed by atoms with Gasteiger partial charge >= 0.3 is 6.18 Å². The quantitative estimate of drug-likeness (QED) is 0.304. The first-order valence-electron chi connectivity index (χ1n) is 10.6. The number of ketones is 1. The van der Waals surface area contributed by atoms with Crippen LogP contribution in [0.25, 0.3) is 5.76 Å². The molecule has 0 saturated carbocycles. The number of nitrogens with zero attached hydrogens (tertiary/aromatic N) is 1. The standard InChI is InChI=1S/C25H18F3NO5S/c26-25(27,28)16-4-1-3-14(11-16)13-29-21(19-5-2-10-35-19)20(23(31)24(29)32)22(30)15-6-7-17-18(12-15)34-9-8-33-17/h1-7,10-12,21,30H,8-9,13H2/b22-20-. The van der Waals surface area contributed by atoms with E-state index in [1.165, 1.54) is 34.4 Å². The molecule has 1 saturated heterocycles. The predicted octanol–water partition coefficient (Wildman–Crippen LogP) is 5.16. The molecule has 1 unspecified atom stereocenters. The number of hydrogen-bond donors (Lipinski definition) is 1. The van der Waals surface area contributed by atoms with E-state index in [-0.39, 0.29) is 23.2 Å². The second-order valence-electron chi connectivity index (χ2n) is 8.00. The summed E-state index contributed by atoms with van der Waals surface area (Å²) in [6.45, 7) is 0.472. The molecular weight excluding hydrogens is 483 g/mol. The van der Waals surface area contributed by atoms with Gasteiger partial charge in [-0.1, -0.05) is 18.2 Å². The molecule has 1 aromatic heterocycles. The van der Waals surface area contributed by atoms with Crippen molar-refractivity contribution in [2.45, 2.75) is 18.8 Å². The van der Waals surface area contributed by atoms with E-state index in [0.717, 1.165) is 12.1 Å². The number of ether oxygens (including phenoxy) is 2. The fraction of sp³-hybridized carbons (Fsp3) is 0.200. The van der Waals surface area contributed by atoms with E-state index in [9.17, 15) is 27.9 Å². The van der Waals surface area contributed by atoms with Crippen molar-refractivity contribution in [3.63, 3.8) is 0 Å². The Morgan fingerprint density at radius 1 is 1.03 bits per heavy atom. The summed E-state index contributed by atoms with van der Waals surface area (Å²) in [6, 6.07) is 11.8. The summed E-state index contributed by atoms with van der Waals surface area (Å²) < 4.78 is 50.6. The SMILES string of the molecule is O=C1C(=O)N(Cc2cccc(C(F)(F)F)c2)C(c2cccs2)/C1=C(/O)c1ccc2c(c1)OCCO2. The molecule has 1 atom stereocenters. The molecule has 0 radical (unpaired) electrons. The molecule has 1 fully saturated rings. The lowest BCUT2D eigenvalue weighted by atomic mass is 9.99. The number of thiophene rings is 1. The van der Waals surface area contributed by atoms with E-state index in [0.29, 0.717) is 29.6 Å². The zero-order chi connectivity index (χ0) is 24.7. The Kier molecular flexibility index (Phi) is 5.76. The Labute approximate surface area is 201 Å². The first-order valence-corrected chi connectivity index (χ1v) is 11.5. The first-order chi connectivity index (χ1) is 16.7. The number of halogens is 3. The Bertz CT molecular complexity index is 1330. The van der Waals surface area contributed by atoms with Crippen molar-refractivity contribution in [2.75, 3.05) is 13.2 Å². The minimum atomic E-state index is -4.55. The van der Waals surface area contributed by atoms with Gasteiger partial charge in [-0.25, -0.2) is 0 Å². The zero-order valence-corrected chi connectivity index (χ0v) is 18.9. The highest BCUT2D eigenvalue weighted by Gasteiger charge is 2.46. The molecule has 1 amide bonds. The van der Waals surface area contributed by atoms with Gasteiger partial charge in [-0.05, 0) is 47.3 Å². The van der Waals surface area contributed by atoms with Crippen molar-refractivity contribution in [1.29, 1.82) is 0 Å². The molecule has 6 nitrogen and oxygen atoms in total. The molecule has 2 aromatic carbocycles. The van der Waals surface area contributed by atoms with E-state index in [1.807, 2.05) is 0 Å². The Balaban J connectivity index is 1.58. The van der Waals surface area contributed by atoms with Gasteiger partial charge in [0.15, 0.2) is 11.5 Å². The molecular formula is C25H18F3NO5S. The number of aliphatic hydroxyl groups excluding tert-OH is 1. The minimum absolute atomic E-state index is 0.138. The molecule has 0 aliphatic carbocycles. The predicted molar refractivity (Wildman–Crippen MR) is 121 cm³/mol. The third-order valence-electron chi connectivity index (χ3n) is 5.78. The molecule has 2 aliphatic rings. The van der Waals surface area contributed by atoms with Gasteiger partial charge in [0.2, 0.25) is 0 Å². The molecule has 5 rings (SSSR count). The number of likely N-dealkylation sites (tertiary alicyclic amines) is 1. The summed E-state index contributed by atoms with van der Waals surface area (Å²) in [4.78, 5) is 27.9. The van der Waals surface area contributed by atoms with Gasteiger partial charge in [0.25, 0.3) is 11.7 Å². The average Bonchev–Trinajstić information content (AvgIpc) is 3.46. The fourth-order valence-electron chi connectivity index (χ4n) is 4.17. The van der Waals surface area contributed by atoms with Crippen LogP contribution in [0.3, 0.4) is 0 Å². The lowest BCUT2D eigenvalue weighted by molar-refractivity contribution is -0.140. The molecule has 3 heterocycles. The van der Waals surface area contributed by atoms with Crippen LogP contribution in [0.2, 0.25) is 0 Å². The first kappa shape index (κ1) is 23.0. The van der Waals surface area contributed by atoms with Gasteiger partial charge in [0, 0.05) is 17.0 Å². The van der Waals surface area contributed by atoms with E-state index in [2.05, 4.69) is 0 Å². The highest BCUT2D eigenvalue weighted by molar-refractivity contribution is 7.10. The van der Waals surface area contributed by atoms with Gasteiger partial charge in [0.05, 0.1) is 17.2 Å². The number of rotatable bonds is 4. The van der Waals surface area contributed by atoms with Crippen LogP contribution >= 0.6 is 11.3 Å². The van der Waals surface area contributed by atoms with Gasteiger partial charge in [0.1, 0.15) is 19.0 Å². The zero-order valence-electron chi connectivity index (χ0n) is 18.0. The van der Waals surface area contributed by atoms with Gasteiger partial charge in [-0.15, -0.1) is 11.3 Å². The van der Waals surface area contributed by atoms with Crippen molar-refractivity contribution < 1.29 is 37.3 Å². The Morgan fingerprint density at radius 3 is 2.51 bits per heavy atom. The number of carbonyl (C=O) groups excluding carboxylic acids is 2. The largest absolute Gasteiger partial charge is 0.507 e. The second kappa shape index (κ2) is 8.77. The number of aliphatic hydroxyl groups is 1. The third-order valence-corrected chi connectivity index (χ3v) is 6.70. The van der Waals surface area contributed by atoms with Gasteiger partial charge < -0.3 is 19.5 Å². The Morgan fingerprint density at radius 2 is 1.80 bits per heavy atom. The summed E-state index contributed by atoms with van der Waals surface area (Å²) in [5.74, 6) is -1.33. The third kappa shape index (κ3) is 4.25. The van der Waals surface area contributed by atoms with Crippen molar-refractivity contribution in [3.8, 4) is 11.5 Å². The molecule has 35 heavy (non-hydrogen) atoms. The summed E-state index contributed by atoms with van der Waals surface area (Å²) >= 11 is 1.27. The molecule has 1 N–H and O–H groups in total. The van der Waals surface area contributed by atoms with Crippen molar-refractivity contribution in [3.05, 3.63) is 87.1 Å². The Hall–Kier alpha value is -3.79. The number of carbonyl (C=O) groups is 2. The smallest absolute Gasteiger partial charge is 0.416 e. The van der Waals surface area contributed by atoms with Gasteiger partial charge in [-0.2, -0.15) is 13.2 Å². The van der Waals surface area contributed by atoms with Crippen molar-refractivity contribution in [1.82, 2.24) is 4.90 Å². The number of alkyl halides is 3. The van der Waals surface area contributed by atoms with E-state index in [4.69, 9.17) is 9.47 Å². The van der Waals surface area contributed by atoms with Crippen molar-refractivity contribution in [2.24, 2.45) is 0 Å². The molecule has 0 bridgehead atoms. The maximum Gasteiger partial charge on any atom is 0.416 e. The van der Waals surface area contributed by atoms with Crippen LogP contribution in [0, 0.1) is 0 Å². The normalized spacial score (nSPS) is 19.3. The van der Waals surface area contributed by atoms with Crippen LogP contribution in [0.15, 0.2) is 65.6 Å². The lowest BCUT2D eigenvalue weighted by Crippen LogP contribution is -2.29. The number of Topliss-reactive ketones (excluding diaryl/α,β-unsaturated/α-hetero) is 1. The van der Waals surface area contributed by atoms with Crippen LogP contribution in [0.1, 0.15) is 27.6 Å². The lowest BCUT2D eigenvalue weighted by Gasteiger charge is -2.24. The maximum atomic E-state index is 13.2. The van der Waals surface area contributed by atoms with Crippen LogP contribution in [-0.4, -0.2) is 34.9 Å². The van der Waals surface area contributed by atoms with E-state index < -0.39 is 35.2 Å². The number of hydrogen-bond acceptors (Lipinski definition) is 6. The molecule has 180 valence electrons. The fourth-order valence-corrected chi connectivity index (χ4v) is 5.02. The molecule has 3 aromatic rings. The van der Waals surface area contributed by atoms with Crippen LogP contribution in [0.5, 0.6) is 11.5 Å². The van der Waals surface area contributed by atoms with Gasteiger partial charge in [-0.3, -0.25) is 9.59 Å². The number of benzene rings is 2. The molecule has 2 aliphatic heterocycles. The number of fused-ring (bicyclic) bond motifs is 1. The maximum absolute atomic E-state index is 13.2. The van der Waals surface area contributed by atoms with E-state index >= 15 is 0 Å². The summed E-state index contributed by atoms with van der Waals surface area (Å²) in [5, 5.41) is 12.9. The molecule has 0 spiro atoms. The van der Waals surface area contributed by atoms with Crippen LogP contribution in [0.4, 0.5) is 13.2 Å². The van der Waals surface area contributed by atoms with Crippen molar-refractivity contribution >= 4 is 28.8 Å². The highest BCUT2D eigenvalue weighted by Crippen LogP contribution is 2.43. The minimum Gasteiger partial charge on any atom is -0.507 e. The summed E-state index contributed by atoms with van der Waals surface area (Å²) in [5.41, 5.74) is -0.521. The topological polar surface area (TPSA) is 76.1 Å². The summed E-state index contributed by atoms with van der Waals surface area (Å²) in [6.07, 6.45) is -4.55. The average molecular weight is 501 g/mol. The van der Waals surface area contributed by atoms with Crippen LogP contribution < -0.4 is 9.47 Å². The van der Waals surface area contributed by atoms with Crippen LogP contribution in [-0.2, 0) is 22.3 Å². The highest BCUT2D eigenvalue weighted by atomic mass is 32.1.